The smallest absolute Gasteiger partial charge is 0.142 e. The fourth-order valence-electron chi connectivity index (χ4n) is 1.94. The molecular formula is C10H10BrClFN. The van der Waals surface area contributed by atoms with Gasteiger partial charge in [0.15, 0.2) is 0 Å². The Morgan fingerprint density at radius 2 is 2.29 bits per heavy atom. The van der Waals surface area contributed by atoms with Crippen LogP contribution in [-0.4, -0.2) is 0 Å². The maximum Gasteiger partial charge on any atom is 0.142 e. The molecule has 0 spiro atoms. The number of rotatable bonds is 0. The van der Waals surface area contributed by atoms with Crippen molar-refractivity contribution in [2.24, 2.45) is 5.73 Å². The first-order valence-corrected chi connectivity index (χ1v) is 5.70. The minimum Gasteiger partial charge on any atom is -0.324 e. The summed E-state index contributed by atoms with van der Waals surface area (Å²) in [6.07, 6.45) is 2.64. The van der Waals surface area contributed by atoms with Crippen molar-refractivity contribution >= 4 is 27.5 Å². The van der Waals surface area contributed by atoms with Crippen LogP contribution in [0.15, 0.2) is 10.5 Å². The van der Waals surface area contributed by atoms with Gasteiger partial charge >= 0.3 is 0 Å². The Morgan fingerprint density at radius 3 is 3.00 bits per heavy atom. The molecule has 0 amide bonds. The van der Waals surface area contributed by atoms with E-state index in [0.29, 0.717) is 15.1 Å². The number of benzene rings is 1. The molecule has 0 saturated heterocycles. The van der Waals surface area contributed by atoms with E-state index in [2.05, 4.69) is 15.9 Å². The molecular weight excluding hydrogens is 268 g/mol. The third-order valence-corrected chi connectivity index (χ3v) is 3.54. The summed E-state index contributed by atoms with van der Waals surface area (Å²) in [4.78, 5) is 0. The quantitative estimate of drug-likeness (QED) is 0.721. The Labute approximate surface area is 95.6 Å². The summed E-state index contributed by atoms with van der Waals surface area (Å²) in [5.41, 5.74) is 7.34. The molecule has 4 heteroatoms. The SMILES string of the molecule is NC1CCCc2c(Cl)cc(Br)c(F)c21. The lowest BCUT2D eigenvalue weighted by Gasteiger charge is -2.24. The predicted octanol–water partition coefficient (Wildman–Crippen LogP) is 3.58. The van der Waals surface area contributed by atoms with Crippen molar-refractivity contribution in [3.8, 4) is 0 Å². The van der Waals surface area contributed by atoms with E-state index in [0.717, 1.165) is 24.8 Å². The first kappa shape index (κ1) is 10.4. The van der Waals surface area contributed by atoms with Gasteiger partial charge in [-0.15, -0.1) is 0 Å². The Balaban J connectivity index is 2.67. The van der Waals surface area contributed by atoms with Crippen molar-refractivity contribution in [1.29, 1.82) is 0 Å². The Kier molecular flexibility index (Phi) is 2.82. The van der Waals surface area contributed by atoms with Gasteiger partial charge in [0, 0.05) is 16.6 Å². The molecule has 1 aromatic carbocycles. The highest BCUT2D eigenvalue weighted by atomic mass is 79.9. The molecule has 0 radical (unpaired) electrons. The van der Waals surface area contributed by atoms with Crippen LogP contribution >= 0.6 is 27.5 Å². The first-order chi connectivity index (χ1) is 6.61. The van der Waals surface area contributed by atoms with Gasteiger partial charge in [-0.05, 0) is 46.8 Å². The summed E-state index contributed by atoms with van der Waals surface area (Å²) in [6, 6.07) is 1.39. The Morgan fingerprint density at radius 1 is 1.57 bits per heavy atom. The van der Waals surface area contributed by atoms with Crippen LogP contribution in [0.2, 0.25) is 5.02 Å². The van der Waals surface area contributed by atoms with Gasteiger partial charge in [0.05, 0.1) is 4.47 Å². The van der Waals surface area contributed by atoms with Crippen molar-refractivity contribution in [3.05, 3.63) is 32.5 Å². The molecule has 0 aromatic heterocycles. The maximum atomic E-state index is 13.7. The van der Waals surface area contributed by atoms with E-state index in [-0.39, 0.29) is 11.9 Å². The van der Waals surface area contributed by atoms with Crippen LogP contribution in [-0.2, 0) is 6.42 Å². The standard InChI is InChI=1S/C10H10BrClFN/c11-6-4-7(12)5-2-1-3-8(14)9(5)10(6)13/h4,8H,1-3,14H2. The van der Waals surface area contributed by atoms with Crippen LogP contribution in [0, 0.1) is 5.82 Å². The Bertz CT molecular complexity index is 381. The largest absolute Gasteiger partial charge is 0.324 e. The molecule has 76 valence electrons. The van der Waals surface area contributed by atoms with Gasteiger partial charge < -0.3 is 5.73 Å². The molecule has 0 heterocycles. The zero-order valence-corrected chi connectivity index (χ0v) is 9.83. The molecule has 1 aromatic rings. The number of hydrogen-bond donors (Lipinski definition) is 1. The van der Waals surface area contributed by atoms with Crippen LogP contribution in [0.5, 0.6) is 0 Å². The first-order valence-electron chi connectivity index (χ1n) is 4.53. The zero-order valence-electron chi connectivity index (χ0n) is 7.49. The third-order valence-electron chi connectivity index (χ3n) is 2.63. The van der Waals surface area contributed by atoms with Crippen molar-refractivity contribution in [3.63, 3.8) is 0 Å². The summed E-state index contributed by atoms with van der Waals surface area (Å²) >= 11 is 9.17. The van der Waals surface area contributed by atoms with Gasteiger partial charge in [-0.1, -0.05) is 11.6 Å². The van der Waals surface area contributed by atoms with Crippen molar-refractivity contribution in [1.82, 2.24) is 0 Å². The molecule has 0 saturated carbocycles. The van der Waals surface area contributed by atoms with Gasteiger partial charge in [-0.3, -0.25) is 0 Å². The Hall–Kier alpha value is -0.120. The van der Waals surface area contributed by atoms with E-state index < -0.39 is 0 Å². The van der Waals surface area contributed by atoms with E-state index in [1.807, 2.05) is 0 Å². The molecule has 1 unspecified atom stereocenters. The summed E-state index contributed by atoms with van der Waals surface area (Å²) in [5, 5.41) is 0.614. The van der Waals surface area contributed by atoms with Gasteiger partial charge in [0.1, 0.15) is 5.82 Å². The molecule has 0 bridgehead atoms. The van der Waals surface area contributed by atoms with E-state index in [9.17, 15) is 4.39 Å². The number of nitrogens with two attached hydrogens (primary N) is 1. The second kappa shape index (κ2) is 3.80. The minimum atomic E-state index is -0.253. The highest BCUT2D eigenvalue weighted by Crippen LogP contribution is 2.37. The molecule has 2 N–H and O–H groups in total. The van der Waals surface area contributed by atoms with Crippen LogP contribution in [0.4, 0.5) is 4.39 Å². The number of halogens is 3. The molecule has 1 nitrogen and oxygen atoms in total. The highest BCUT2D eigenvalue weighted by Gasteiger charge is 2.24. The second-order valence-electron chi connectivity index (χ2n) is 3.55. The fourth-order valence-corrected chi connectivity index (χ4v) is 2.81. The molecule has 14 heavy (non-hydrogen) atoms. The summed E-state index contributed by atoms with van der Waals surface area (Å²) in [6.45, 7) is 0. The lowest BCUT2D eigenvalue weighted by molar-refractivity contribution is 0.515. The van der Waals surface area contributed by atoms with Crippen molar-refractivity contribution < 1.29 is 4.39 Å². The van der Waals surface area contributed by atoms with Crippen LogP contribution in [0.3, 0.4) is 0 Å². The van der Waals surface area contributed by atoms with Gasteiger partial charge in [0.2, 0.25) is 0 Å². The van der Waals surface area contributed by atoms with Crippen LogP contribution in [0.1, 0.15) is 30.0 Å². The van der Waals surface area contributed by atoms with E-state index in [1.54, 1.807) is 6.07 Å². The average Bonchev–Trinajstić information content (AvgIpc) is 2.14. The highest BCUT2D eigenvalue weighted by molar-refractivity contribution is 9.10. The lowest BCUT2D eigenvalue weighted by Crippen LogP contribution is -2.19. The number of hydrogen-bond acceptors (Lipinski definition) is 1. The second-order valence-corrected chi connectivity index (χ2v) is 4.81. The summed E-state index contributed by atoms with van der Waals surface area (Å²) in [5.74, 6) is -0.253. The monoisotopic (exact) mass is 277 g/mol. The lowest BCUT2D eigenvalue weighted by atomic mass is 9.88. The third kappa shape index (κ3) is 1.58. The zero-order chi connectivity index (χ0) is 10.3. The fraction of sp³-hybridized carbons (Fsp3) is 0.400. The van der Waals surface area contributed by atoms with Crippen molar-refractivity contribution in [2.45, 2.75) is 25.3 Å². The molecule has 0 aliphatic heterocycles. The summed E-state index contributed by atoms with van der Waals surface area (Å²) < 4.78 is 14.1. The van der Waals surface area contributed by atoms with E-state index >= 15 is 0 Å². The van der Waals surface area contributed by atoms with E-state index in [4.69, 9.17) is 17.3 Å². The minimum absolute atomic E-state index is 0.214. The van der Waals surface area contributed by atoms with Crippen molar-refractivity contribution in [2.75, 3.05) is 0 Å². The molecule has 1 aliphatic carbocycles. The number of fused-ring (bicyclic) bond motifs is 1. The summed E-state index contributed by atoms with van der Waals surface area (Å²) in [7, 11) is 0. The van der Waals surface area contributed by atoms with Gasteiger partial charge in [-0.2, -0.15) is 0 Å². The topological polar surface area (TPSA) is 26.0 Å². The molecule has 2 rings (SSSR count). The van der Waals surface area contributed by atoms with Gasteiger partial charge in [-0.25, -0.2) is 4.39 Å². The molecule has 0 fully saturated rings. The average molecular weight is 279 g/mol. The normalized spacial score (nSPS) is 20.7. The van der Waals surface area contributed by atoms with Crippen LogP contribution < -0.4 is 5.73 Å². The van der Waals surface area contributed by atoms with E-state index in [1.165, 1.54) is 0 Å². The molecule has 1 atom stereocenters. The maximum absolute atomic E-state index is 13.7. The predicted molar refractivity (Wildman–Crippen MR) is 59.0 cm³/mol. The molecule has 1 aliphatic rings. The van der Waals surface area contributed by atoms with Crippen LogP contribution in [0.25, 0.3) is 0 Å². The van der Waals surface area contributed by atoms with Gasteiger partial charge in [0.25, 0.3) is 0 Å².